The second kappa shape index (κ2) is 7.26. The Bertz CT molecular complexity index is 960. The predicted molar refractivity (Wildman–Crippen MR) is 100 cm³/mol. The summed E-state index contributed by atoms with van der Waals surface area (Å²) in [6.07, 6.45) is 6.37. The number of methoxy groups -OCH3 is 1. The molecule has 2 aromatic heterocycles. The summed E-state index contributed by atoms with van der Waals surface area (Å²) in [4.78, 5) is 12.6. The number of hydrogen-bond acceptors (Lipinski definition) is 5. The summed E-state index contributed by atoms with van der Waals surface area (Å²) in [6.45, 7) is 2.66. The van der Waals surface area contributed by atoms with Crippen molar-refractivity contribution in [3.8, 4) is 5.75 Å². The number of aromatic nitrogens is 3. The van der Waals surface area contributed by atoms with E-state index in [1.165, 1.54) is 0 Å². The molecule has 3 aromatic rings. The number of anilines is 1. The SMILES string of the molecule is COc1ccccc1Cn1cc(NC(=O)c2noc3c2CCCC3C)cn1. The Kier molecular flexibility index (Phi) is 4.66. The van der Waals surface area contributed by atoms with E-state index in [0.717, 1.165) is 41.9 Å². The van der Waals surface area contributed by atoms with Gasteiger partial charge in [-0.2, -0.15) is 5.10 Å². The quantitative estimate of drug-likeness (QED) is 0.746. The fraction of sp³-hybridized carbons (Fsp3) is 0.350. The van der Waals surface area contributed by atoms with Gasteiger partial charge in [-0.15, -0.1) is 0 Å². The van der Waals surface area contributed by atoms with E-state index in [4.69, 9.17) is 9.26 Å². The van der Waals surface area contributed by atoms with Crippen LogP contribution in [0.3, 0.4) is 0 Å². The molecule has 0 bridgehead atoms. The molecule has 1 unspecified atom stereocenters. The maximum Gasteiger partial charge on any atom is 0.278 e. The number of para-hydroxylation sites is 1. The minimum absolute atomic E-state index is 0.258. The first-order chi connectivity index (χ1) is 13.2. The van der Waals surface area contributed by atoms with Crippen molar-refractivity contribution in [3.63, 3.8) is 0 Å². The van der Waals surface area contributed by atoms with Crippen molar-refractivity contribution in [2.24, 2.45) is 0 Å². The summed E-state index contributed by atoms with van der Waals surface area (Å²) in [5, 5.41) is 11.2. The van der Waals surface area contributed by atoms with E-state index in [-0.39, 0.29) is 5.91 Å². The van der Waals surface area contributed by atoms with Crippen molar-refractivity contribution in [1.82, 2.24) is 14.9 Å². The van der Waals surface area contributed by atoms with E-state index in [1.807, 2.05) is 24.3 Å². The van der Waals surface area contributed by atoms with Crippen LogP contribution in [0.2, 0.25) is 0 Å². The molecule has 1 aliphatic carbocycles. The molecule has 7 nitrogen and oxygen atoms in total. The lowest BCUT2D eigenvalue weighted by Crippen LogP contribution is -2.16. The number of nitrogens with one attached hydrogen (secondary N) is 1. The normalized spacial score (nSPS) is 16.0. The van der Waals surface area contributed by atoms with Crippen molar-refractivity contribution in [2.45, 2.75) is 38.6 Å². The van der Waals surface area contributed by atoms with Crippen LogP contribution in [-0.2, 0) is 13.0 Å². The molecular weight excluding hydrogens is 344 g/mol. The second-order valence-corrected chi connectivity index (χ2v) is 6.86. The summed E-state index contributed by atoms with van der Waals surface area (Å²) in [7, 11) is 1.65. The first kappa shape index (κ1) is 17.3. The third-order valence-electron chi connectivity index (χ3n) is 4.96. The van der Waals surface area contributed by atoms with Gasteiger partial charge in [0, 0.05) is 23.2 Å². The van der Waals surface area contributed by atoms with Gasteiger partial charge in [0.15, 0.2) is 5.69 Å². The number of carbonyl (C=O) groups is 1. The van der Waals surface area contributed by atoms with Gasteiger partial charge in [-0.05, 0) is 25.3 Å². The van der Waals surface area contributed by atoms with Gasteiger partial charge in [0.1, 0.15) is 11.5 Å². The third-order valence-corrected chi connectivity index (χ3v) is 4.96. The van der Waals surface area contributed by atoms with Crippen LogP contribution in [0.1, 0.15) is 53.1 Å². The van der Waals surface area contributed by atoms with Crippen molar-refractivity contribution in [3.05, 3.63) is 59.2 Å². The minimum Gasteiger partial charge on any atom is -0.496 e. The largest absolute Gasteiger partial charge is 0.496 e. The molecule has 0 aliphatic heterocycles. The number of hydrogen-bond donors (Lipinski definition) is 1. The van der Waals surface area contributed by atoms with Crippen LogP contribution in [0.4, 0.5) is 5.69 Å². The number of nitrogens with zero attached hydrogens (tertiary/aromatic N) is 3. The van der Waals surface area contributed by atoms with Crippen molar-refractivity contribution in [1.29, 1.82) is 0 Å². The smallest absolute Gasteiger partial charge is 0.278 e. The van der Waals surface area contributed by atoms with Crippen molar-refractivity contribution >= 4 is 11.6 Å². The summed E-state index contributed by atoms with van der Waals surface area (Å²) in [5.74, 6) is 1.71. The van der Waals surface area contributed by atoms with E-state index < -0.39 is 0 Å². The molecule has 0 fully saturated rings. The Labute approximate surface area is 157 Å². The highest BCUT2D eigenvalue weighted by Crippen LogP contribution is 2.33. The molecule has 4 rings (SSSR count). The van der Waals surface area contributed by atoms with E-state index >= 15 is 0 Å². The Morgan fingerprint density at radius 3 is 3.11 bits per heavy atom. The van der Waals surface area contributed by atoms with Crippen LogP contribution in [-0.4, -0.2) is 28.0 Å². The molecule has 1 N–H and O–H groups in total. The topological polar surface area (TPSA) is 82.2 Å². The maximum absolute atomic E-state index is 12.6. The van der Waals surface area contributed by atoms with E-state index in [9.17, 15) is 4.79 Å². The zero-order valence-electron chi connectivity index (χ0n) is 15.4. The van der Waals surface area contributed by atoms with Gasteiger partial charge in [-0.1, -0.05) is 30.3 Å². The number of rotatable bonds is 5. The molecular formula is C20H22N4O3. The third kappa shape index (κ3) is 3.45. The molecule has 0 spiro atoms. The number of benzene rings is 1. The fourth-order valence-electron chi connectivity index (χ4n) is 3.56. The van der Waals surface area contributed by atoms with Gasteiger partial charge < -0.3 is 14.6 Å². The van der Waals surface area contributed by atoms with E-state index in [0.29, 0.717) is 23.8 Å². The number of ether oxygens (including phenoxy) is 1. The molecule has 1 atom stereocenters. The Morgan fingerprint density at radius 1 is 1.41 bits per heavy atom. The predicted octanol–water partition coefficient (Wildman–Crippen LogP) is 3.62. The molecule has 0 saturated carbocycles. The van der Waals surface area contributed by atoms with Gasteiger partial charge in [0.25, 0.3) is 5.91 Å². The van der Waals surface area contributed by atoms with Gasteiger partial charge in [0.05, 0.1) is 25.5 Å². The summed E-state index contributed by atoms with van der Waals surface area (Å²) >= 11 is 0. The molecule has 1 amide bonds. The van der Waals surface area contributed by atoms with Gasteiger partial charge in [-0.25, -0.2) is 0 Å². The molecule has 140 valence electrons. The van der Waals surface area contributed by atoms with Crippen molar-refractivity contribution in [2.75, 3.05) is 12.4 Å². The van der Waals surface area contributed by atoms with Crippen LogP contribution in [0.25, 0.3) is 0 Å². The first-order valence-electron chi connectivity index (χ1n) is 9.10. The number of carbonyl (C=O) groups excluding carboxylic acids is 1. The van der Waals surface area contributed by atoms with Crippen LogP contribution in [0.5, 0.6) is 5.75 Å². The van der Waals surface area contributed by atoms with Crippen LogP contribution < -0.4 is 10.1 Å². The summed E-state index contributed by atoms with van der Waals surface area (Å²) in [6, 6.07) is 7.78. The minimum atomic E-state index is -0.258. The Balaban J connectivity index is 1.47. The molecule has 1 aliphatic rings. The molecule has 7 heteroatoms. The Hall–Kier alpha value is -3.09. The van der Waals surface area contributed by atoms with Gasteiger partial charge in [-0.3, -0.25) is 9.48 Å². The fourth-order valence-corrected chi connectivity index (χ4v) is 3.56. The first-order valence-corrected chi connectivity index (χ1v) is 9.10. The summed E-state index contributed by atoms with van der Waals surface area (Å²) in [5.41, 5.74) is 2.96. The lowest BCUT2D eigenvalue weighted by Gasteiger charge is -2.15. The zero-order chi connectivity index (χ0) is 18.8. The Morgan fingerprint density at radius 2 is 2.26 bits per heavy atom. The zero-order valence-corrected chi connectivity index (χ0v) is 15.4. The van der Waals surface area contributed by atoms with E-state index in [1.54, 1.807) is 24.2 Å². The standard InChI is InChI=1S/C20H22N4O3/c1-13-6-5-8-16-18(23-27-19(13)16)20(25)22-15-10-21-24(12-15)11-14-7-3-4-9-17(14)26-2/h3-4,7,9-10,12-13H,5-6,8,11H2,1-2H3,(H,22,25). The monoisotopic (exact) mass is 366 g/mol. The summed E-state index contributed by atoms with van der Waals surface area (Å²) < 4.78 is 12.5. The highest BCUT2D eigenvalue weighted by Gasteiger charge is 2.28. The molecule has 0 saturated heterocycles. The molecule has 2 heterocycles. The molecule has 0 radical (unpaired) electrons. The molecule has 1 aromatic carbocycles. The maximum atomic E-state index is 12.6. The number of fused-ring (bicyclic) bond motifs is 1. The lowest BCUT2D eigenvalue weighted by molar-refractivity contribution is 0.101. The van der Waals surface area contributed by atoms with Gasteiger partial charge >= 0.3 is 0 Å². The van der Waals surface area contributed by atoms with Crippen LogP contribution in [0, 0.1) is 0 Å². The highest BCUT2D eigenvalue weighted by molar-refractivity contribution is 6.03. The highest BCUT2D eigenvalue weighted by atomic mass is 16.5. The number of amides is 1. The van der Waals surface area contributed by atoms with E-state index in [2.05, 4.69) is 22.5 Å². The van der Waals surface area contributed by atoms with Gasteiger partial charge in [0.2, 0.25) is 0 Å². The lowest BCUT2D eigenvalue weighted by atomic mass is 9.88. The molecule has 27 heavy (non-hydrogen) atoms. The van der Waals surface area contributed by atoms with Crippen LogP contribution in [0.15, 0.2) is 41.2 Å². The average molecular weight is 366 g/mol. The average Bonchev–Trinajstić information content (AvgIpc) is 3.30. The van der Waals surface area contributed by atoms with Crippen LogP contribution >= 0.6 is 0 Å². The second-order valence-electron chi connectivity index (χ2n) is 6.86. The van der Waals surface area contributed by atoms with Crippen molar-refractivity contribution < 1.29 is 14.1 Å².